The Morgan fingerprint density at radius 3 is 2.17 bits per heavy atom. The highest BCUT2D eigenvalue weighted by Crippen LogP contribution is 2.20. The van der Waals surface area contributed by atoms with Crippen molar-refractivity contribution in [2.24, 2.45) is 0 Å². The molecule has 1 atom stereocenters. The van der Waals surface area contributed by atoms with Crippen LogP contribution >= 0.6 is 0 Å². The fourth-order valence-electron chi connectivity index (χ4n) is 4.74. The Hall–Kier alpha value is -2.70. The van der Waals surface area contributed by atoms with E-state index in [4.69, 9.17) is 4.74 Å². The summed E-state index contributed by atoms with van der Waals surface area (Å²) in [5.41, 5.74) is 1.64. The molecule has 0 bridgehead atoms. The number of amides is 1. The molecule has 30 heavy (non-hydrogen) atoms. The van der Waals surface area contributed by atoms with Crippen LogP contribution in [0.2, 0.25) is 0 Å². The Morgan fingerprint density at radius 1 is 0.933 bits per heavy atom. The van der Waals surface area contributed by atoms with Crippen molar-refractivity contribution in [3.63, 3.8) is 0 Å². The Bertz CT molecular complexity index is 1070. The van der Waals surface area contributed by atoms with Gasteiger partial charge in [0.25, 0.3) is 0 Å². The molecule has 0 N–H and O–H groups in total. The number of nitrogens with zero attached hydrogens (tertiary/aromatic N) is 3. The SMILES string of the molecule is O=C(Cn1c2ccccc2c(=O)c2ccccc21)N1CCN(CC2CCCO2)CC1. The van der Waals surface area contributed by atoms with Crippen molar-refractivity contribution >= 4 is 27.7 Å². The molecule has 0 radical (unpaired) electrons. The van der Waals surface area contributed by atoms with Gasteiger partial charge in [-0.2, -0.15) is 0 Å². The lowest BCUT2D eigenvalue weighted by molar-refractivity contribution is -0.133. The van der Waals surface area contributed by atoms with E-state index in [0.717, 1.165) is 63.2 Å². The number of ether oxygens (including phenoxy) is 1. The van der Waals surface area contributed by atoms with Crippen LogP contribution in [-0.2, 0) is 16.1 Å². The molecule has 1 amide bonds. The number of carbonyl (C=O) groups is 1. The number of rotatable bonds is 4. The fraction of sp³-hybridized carbons (Fsp3) is 0.417. The molecule has 2 fully saturated rings. The summed E-state index contributed by atoms with van der Waals surface area (Å²) in [7, 11) is 0. The molecule has 3 aromatic rings. The molecule has 2 aromatic carbocycles. The van der Waals surface area contributed by atoms with Crippen LogP contribution in [0.25, 0.3) is 21.8 Å². The Kier molecular flexibility index (Phi) is 5.27. The smallest absolute Gasteiger partial charge is 0.242 e. The van der Waals surface area contributed by atoms with Crippen LogP contribution in [0.4, 0.5) is 0 Å². The van der Waals surface area contributed by atoms with E-state index < -0.39 is 0 Å². The molecular weight excluding hydrogens is 378 g/mol. The molecule has 0 saturated carbocycles. The highest BCUT2D eigenvalue weighted by Gasteiger charge is 2.25. The van der Waals surface area contributed by atoms with E-state index in [2.05, 4.69) is 4.90 Å². The molecule has 1 unspecified atom stereocenters. The Balaban J connectivity index is 1.36. The molecule has 156 valence electrons. The third kappa shape index (κ3) is 3.61. The second kappa shape index (κ2) is 8.20. The number of pyridine rings is 1. The number of hydrogen-bond acceptors (Lipinski definition) is 4. The van der Waals surface area contributed by atoms with Crippen LogP contribution in [0.5, 0.6) is 0 Å². The second-order valence-electron chi connectivity index (χ2n) is 8.27. The topological polar surface area (TPSA) is 54.8 Å². The number of para-hydroxylation sites is 2. The van der Waals surface area contributed by atoms with Crippen LogP contribution < -0.4 is 5.43 Å². The van der Waals surface area contributed by atoms with Gasteiger partial charge in [-0.1, -0.05) is 24.3 Å². The first-order valence-electron chi connectivity index (χ1n) is 10.8. The predicted octanol–water partition coefficient (Wildman–Crippen LogP) is 2.48. The van der Waals surface area contributed by atoms with Gasteiger partial charge in [-0.05, 0) is 37.1 Å². The Morgan fingerprint density at radius 2 is 1.57 bits per heavy atom. The van der Waals surface area contributed by atoms with E-state index in [9.17, 15) is 9.59 Å². The van der Waals surface area contributed by atoms with Crippen molar-refractivity contribution in [2.75, 3.05) is 39.3 Å². The van der Waals surface area contributed by atoms with E-state index >= 15 is 0 Å². The number of benzene rings is 2. The van der Waals surface area contributed by atoms with Gasteiger partial charge in [0.1, 0.15) is 6.54 Å². The molecule has 6 heteroatoms. The summed E-state index contributed by atoms with van der Waals surface area (Å²) in [6, 6.07) is 15.1. The van der Waals surface area contributed by atoms with Crippen molar-refractivity contribution in [3.8, 4) is 0 Å². The van der Waals surface area contributed by atoms with Gasteiger partial charge in [-0.3, -0.25) is 14.5 Å². The van der Waals surface area contributed by atoms with Crippen molar-refractivity contribution < 1.29 is 9.53 Å². The number of carbonyl (C=O) groups excluding carboxylic acids is 1. The van der Waals surface area contributed by atoms with Crippen molar-refractivity contribution in [2.45, 2.75) is 25.5 Å². The summed E-state index contributed by atoms with van der Waals surface area (Å²) in [5.74, 6) is 0.103. The summed E-state index contributed by atoms with van der Waals surface area (Å²) in [6.45, 7) is 5.34. The average molecular weight is 405 g/mol. The fourth-order valence-corrected chi connectivity index (χ4v) is 4.74. The Labute approximate surface area is 175 Å². The minimum absolute atomic E-state index is 0.0210. The minimum atomic E-state index is 0.0210. The van der Waals surface area contributed by atoms with Gasteiger partial charge in [-0.15, -0.1) is 0 Å². The van der Waals surface area contributed by atoms with Crippen LogP contribution in [0, 0.1) is 0 Å². The predicted molar refractivity (Wildman–Crippen MR) is 118 cm³/mol. The molecular formula is C24H27N3O3. The quantitative estimate of drug-likeness (QED) is 0.626. The highest BCUT2D eigenvalue weighted by atomic mass is 16.5. The van der Waals surface area contributed by atoms with Gasteiger partial charge in [0.05, 0.1) is 17.1 Å². The van der Waals surface area contributed by atoms with Crippen LogP contribution in [0.3, 0.4) is 0 Å². The highest BCUT2D eigenvalue weighted by molar-refractivity contribution is 5.94. The third-order valence-electron chi connectivity index (χ3n) is 6.38. The van der Waals surface area contributed by atoms with Gasteiger partial charge in [0.15, 0.2) is 5.43 Å². The molecule has 2 saturated heterocycles. The second-order valence-corrected chi connectivity index (χ2v) is 8.27. The molecule has 0 spiro atoms. The summed E-state index contributed by atoms with van der Waals surface area (Å²) in [4.78, 5) is 30.4. The molecule has 0 aliphatic carbocycles. The van der Waals surface area contributed by atoms with Crippen LogP contribution in [-0.4, -0.2) is 65.7 Å². The van der Waals surface area contributed by atoms with E-state index in [1.165, 1.54) is 0 Å². The first kappa shape index (κ1) is 19.3. The zero-order chi connectivity index (χ0) is 20.5. The van der Waals surface area contributed by atoms with E-state index in [0.29, 0.717) is 16.9 Å². The molecule has 1 aromatic heterocycles. The van der Waals surface area contributed by atoms with Gasteiger partial charge in [-0.25, -0.2) is 0 Å². The van der Waals surface area contributed by atoms with Gasteiger partial charge >= 0.3 is 0 Å². The number of fused-ring (bicyclic) bond motifs is 2. The zero-order valence-electron chi connectivity index (χ0n) is 17.1. The number of piperazine rings is 1. The van der Waals surface area contributed by atoms with Crippen LogP contribution in [0.15, 0.2) is 53.3 Å². The molecule has 5 rings (SSSR count). The van der Waals surface area contributed by atoms with E-state index in [-0.39, 0.29) is 17.9 Å². The number of aromatic nitrogens is 1. The van der Waals surface area contributed by atoms with E-state index in [1.54, 1.807) is 0 Å². The summed E-state index contributed by atoms with van der Waals surface area (Å²) in [5, 5.41) is 1.32. The van der Waals surface area contributed by atoms with Gasteiger partial charge in [0.2, 0.25) is 5.91 Å². The third-order valence-corrected chi connectivity index (χ3v) is 6.38. The normalized spacial score (nSPS) is 20.3. The summed E-state index contributed by atoms with van der Waals surface area (Å²) in [6.07, 6.45) is 2.65. The lowest BCUT2D eigenvalue weighted by Crippen LogP contribution is -2.51. The van der Waals surface area contributed by atoms with Crippen molar-refractivity contribution in [1.29, 1.82) is 0 Å². The zero-order valence-corrected chi connectivity index (χ0v) is 17.1. The van der Waals surface area contributed by atoms with Crippen molar-refractivity contribution in [1.82, 2.24) is 14.4 Å². The lowest BCUT2D eigenvalue weighted by Gasteiger charge is -2.36. The maximum Gasteiger partial charge on any atom is 0.242 e. The minimum Gasteiger partial charge on any atom is -0.377 e. The van der Waals surface area contributed by atoms with Crippen LogP contribution in [0.1, 0.15) is 12.8 Å². The number of hydrogen-bond donors (Lipinski definition) is 0. The molecule has 2 aliphatic heterocycles. The maximum atomic E-state index is 13.2. The molecule has 2 aliphatic rings. The lowest BCUT2D eigenvalue weighted by atomic mass is 10.1. The standard InChI is InChI=1S/C24H27N3O3/c28-23(26-13-11-25(12-14-26)16-18-6-5-15-30-18)17-27-21-9-3-1-7-19(21)24(29)20-8-2-4-10-22(20)27/h1-4,7-10,18H,5-6,11-17H2. The van der Waals surface area contributed by atoms with E-state index in [1.807, 2.05) is 58.0 Å². The average Bonchev–Trinajstić information content (AvgIpc) is 3.30. The maximum absolute atomic E-state index is 13.2. The van der Waals surface area contributed by atoms with Crippen molar-refractivity contribution in [3.05, 3.63) is 58.8 Å². The summed E-state index contributed by atoms with van der Waals surface area (Å²) < 4.78 is 7.74. The summed E-state index contributed by atoms with van der Waals surface area (Å²) >= 11 is 0. The molecule has 3 heterocycles. The first-order chi connectivity index (χ1) is 14.7. The largest absolute Gasteiger partial charge is 0.377 e. The van der Waals surface area contributed by atoms with Gasteiger partial charge in [0, 0.05) is 50.1 Å². The van der Waals surface area contributed by atoms with Gasteiger partial charge < -0.3 is 14.2 Å². The first-order valence-corrected chi connectivity index (χ1v) is 10.8. The monoisotopic (exact) mass is 405 g/mol. The molecule has 6 nitrogen and oxygen atoms in total.